The molecule has 1 saturated carbocycles. The maximum atomic E-state index is 10.9. The minimum Gasteiger partial charge on any atom is -0.385 e. The number of hydrogen-bond acceptors (Lipinski definition) is 1. The third-order valence-corrected chi connectivity index (χ3v) is 4.12. The third kappa shape index (κ3) is 2.11. The largest absolute Gasteiger partial charge is 0.385 e. The van der Waals surface area contributed by atoms with E-state index in [-0.39, 0.29) is 0 Å². The van der Waals surface area contributed by atoms with Crippen LogP contribution in [-0.2, 0) is 5.60 Å². The molecule has 16 heavy (non-hydrogen) atoms. The molecule has 0 spiro atoms. The van der Waals surface area contributed by atoms with Gasteiger partial charge in [0.25, 0.3) is 0 Å². The lowest BCUT2D eigenvalue weighted by molar-refractivity contribution is -0.0557. The quantitative estimate of drug-likeness (QED) is 0.822. The molecule has 0 amide bonds. The van der Waals surface area contributed by atoms with Crippen molar-refractivity contribution in [3.8, 4) is 0 Å². The van der Waals surface area contributed by atoms with Crippen molar-refractivity contribution in [2.45, 2.75) is 44.6 Å². The molecule has 1 nitrogen and oxygen atoms in total. The van der Waals surface area contributed by atoms with Crippen molar-refractivity contribution in [2.24, 2.45) is 5.92 Å². The van der Waals surface area contributed by atoms with Crippen LogP contribution in [0.4, 0.5) is 0 Å². The molecule has 1 aromatic rings. The van der Waals surface area contributed by atoms with E-state index in [1.807, 2.05) is 24.3 Å². The summed E-state index contributed by atoms with van der Waals surface area (Å²) < 4.78 is 0. The van der Waals surface area contributed by atoms with E-state index in [0.717, 1.165) is 36.3 Å². The van der Waals surface area contributed by atoms with Gasteiger partial charge in [0.2, 0.25) is 0 Å². The molecule has 0 heterocycles. The van der Waals surface area contributed by atoms with Crippen molar-refractivity contribution in [1.82, 2.24) is 0 Å². The van der Waals surface area contributed by atoms with Crippen LogP contribution in [0.2, 0.25) is 5.02 Å². The van der Waals surface area contributed by atoms with Gasteiger partial charge in [-0.2, -0.15) is 0 Å². The standard InChI is InChI=1S/C14H19ClO/c1-2-11-5-3-4-10-14(11,16)12-6-8-13(15)9-7-12/h6-9,11,16H,2-5,10H2,1H3. The number of halogens is 1. The van der Waals surface area contributed by atoms with Crippen LogP contribution in [-0.4, -0.2) is 5.11 Å². The Morgan fingerprint density at radius 3 is 2.62 bits per heavy atom. The zero-order valence-electron chi connectivity index (χ0n) is 9.75. The van der Waals surface area contributed by atoms with Gasteiger partial charge in [0, 0.05) is 5.02 Å². The van der Waals surface area contributed by atoms with E-state index in [9.17, 15) is 5.11 Å². The summed E-state index contributed by atoms with van der Waals surface area (Å²) in [7, 11) is 0. The fraction of sp³-hybridized carbons (Fsp3) is 0.571. The second kappa shape index (κ2) is 4.77. The molecule has 88 valence electrons. The Balaban J connectivity index is 2.31. The van der Waals surface area contributed by atoms with E-state index in [1.54, 1.807) is 0 Å². The van der Waals surface area contributed by atoms with Crippen LogP contribution < -0.4 is 0 Å². The highest BCUT2D eigenvalue weighted by molar-refractivity contribution is 6.30. The molecular formula is C14H19ClO. The van der Waals surface area contributed by atoms with Gasteiger partial charge in [-0.05, 0) is 36.5 Å². The third-order valence-electron chi connectivity index (χ3n) is 3.87. The van der Waals surface area contributed by atoms with Crippen molar-refractivity contribution in [3.63, 3.8) is 0 Å². The smallest absolute Gasteiger partial charge is 0.0924 e. The lowest BCUT2D eigenvalue weighted by Gasteiger charge is -2.40. The van der Waals surface area contributed by atoms with Crippen LogP contribution in [0.3, 0.4) is 0 Å². The van der Waals surface area contributed by atoms with E-state index in [2.05, 4.69) is 6.92 Å². The molecule has 1 N–H and O–H groups in total. The number of hydrogen-bond donors (Lipinski definition) is 1. The normalized spacial score (nSPS) is 30.3. The molecule has 1 fully saturated rings. The zero-order valence-corrected chi connectivity index (χ0v) is 10.5. The van der Waals surface area contributed by atoms with Crippen LogP contribution in [0.25, 0.3) is 0 Å². The summed E-state index contributed by atoms with van der Waals surface area (Å²) in [6.45, 7) is 2.16. The van der Waals surface area contributed by atoms with Crippen molar-refractivity contribution in [2.75, 3.05) is 0 Å². The highest BCUT2D eigenvalue weighted by Crippen LogP contribution is 2.43. The molecule has 2 rings (SSSR count). The van der Waals surface area contributed by atoms with Crippen molar-refractivity contribution < 1.29 is 5.11 Å². The van der Waals surface area contributed by atoms with Crippen LogP contribution >= 0.6 is 11.6 Å². The van der Waals surface area contributed by atoms with Gasteiger partial charge in [-0.3, -0.25) is 0 Å². The Morgan fingerprint density at radius 1 is 1.31 bits per heavy atom. The number of aliphatic hydroxyl groups is 1. The summed E-state index contributed by atoms with van der Waals surface area (Å²) in [4.78, 5) is 0. The van der Waals surface area contributed by atoms with Crippen LogP contribution in [0.15, 0.2) is 24.3 Å². The first-order valence-corrected chi connectivity index (χ1v) is 6.53. The maximum Gasteiger partial charge on any atom is 0.0924 e. The second-order valence-electron chi connectivity index (χ2n) is 4.78. The molecule has 1 aromatic carbocycles. The van der Waals surface area contributed by atoms with Gasteiger partial charge >= 0.3 is 0 Å². The van der Waals surface area contributed by atoms with Gasteiger partial charge in [-0.15, -0.1) is 0 Å². The van der Waals surface area contributed by atoms with Gasteiger partial charge in [0.15, 0.2) is 0 Å². The first-order chi connectivity index (χ1) is 7.66. The van der Waals surface area contributed by atoms with Crippen molar-refractivity contribution in [3.05, 3.63) is 34.9 Å². The Kier molecular flexibility index (Phi) is 3.56. The summed E-state index contributed by atoms with van der Waals surface area (Å²) in [5, 5.41) is 11.6. The highest BCUT2D eigenvalue weighted by atomic mass is 35.5. The Bertz CT molecular complexity index is 346. The minimum atomic E-state index is -0.627. The van der Waals surface area contributed by atoms with Crippen LogP contribution in [0.5, 0.6) is 0 Å². The SMILES string of the molecule is CCC1CCCCC1(O)c1ccc(Cl)cc1. The predicted octanol–water partition coefficient (Wildman–Crippen LogP) is 4.13. The Hall–Kier alpha value is -0.530. The van der Waals surface area contributed by atoms with E-state index in [0.29, 0.717) is 5.92 Å². The predicted molar refractivity (Wildman–Crippen MR) is 67.6 cm³/mol. The minimum absolute atomic E-state index is 0.391. The molecular weight excluding hydrogens is 220 g/mol. The van der Waals surface area contributed by atoms with E-state index in [1.165, 1.54) is 6.42 Å². The molecule has 2 heteroatoms. The molecule has 0 radical (unpaired) electrons. The highest BCUT2D eigenvalue weighted by Gasteiger charge is 2.38. The molecule has 1 aliphatic carbocycles. The molecule has 2 unspecified atom stereocenters. The summed E-state index contributed by atoms with van der Waals surface area (Å²) in [6.07, 6.45) is 5.42. The van der Waals surface area contributed by atoms with Crippen molar-refractivity contribution >= 4 is 11.6 Å². The first-order valence-electron chi connectivity index (χ1n) is 6.15. The molecule has 1 aliphatic rings. The topological polar surface area (TPSA) is 20.2 Å². The van der Waals surface area contributed by atoms with Gasteiger partial charge < -0.3 is 5.11 Å². The van der Waals surface area contributed by atoms with E-state index >= 15 is 0 Å². The van der Waals surface area contributed by atoms with Gasteiger partial charge in [0.1, 0.15) is 0 Å². The molecule has 2 atom stereocenters. The summed E-state index contributed by atoms with van der Waals surface area (Å²) >= 11 is 5.88. The average Bonchev–Trinajstić information content (AvgIpc) is 2.30. The van der Waals surface area contributed by atoms with E-state index in [4.69, 9.17) is 11.6 Å². The van der Waals surface area contributed by atoms with Crippen molar-refractivity contribution in [1.29, 1.82) is 0 Å². The van der Waals surface area contributed by atoms with Gasteiger partial charge in [-0.1, -0.05) is 49.9 Å². The van der Waals surface area contributed by atoms with Gasteiger partial charge in [0.05, 0.1) is 5.60 Å². The Labute approximate surface area is 102 Å². The molecule has 0 bridgehead atoms. The average molecular weight is 239 g/mol. The molecule has 0 aromatic heterocycles. The first kappa shape index (κ1) is 11.9. The number of rotatable bonds is 2. The molecule has 0 saturated heterocycles. The van der Waals surface area contributed by atoms with Gasteiger partial charge in [-0.25, -0.2) is 0 Å². The lowest BCUT2D eigenvalue weighted by Crippen LogP contribution is -2.37. The maximum absolute atomic E-state index is 10.9. The number of benzene rings is 1. The van der Waals surface area contributed by atoms with Crippen LogP contribution in [0, 0.1) is 5.92 Å². The monoisotopic (exact) mass is 238 g/mol. The zero-order chi connectivity index (χ0) is 11.6. The fourth-order valence-corrected chi connectivity index (χ4v) is 3.01. The summed E-state index contributed by atoms with van der Waals surface area (Å²) in [6, 6.07) is 7.68. The second-order valence-corrected chi connectivity index (χ2v) is 5.22. The van der Waals surface area contributed by atoms with E-state index < -0.39 is 5.60 Å². The molecule has 0 aliphatic heterocycles. The summed E-state index contributed by atoms with van der Waals surface area (Å²) in [5.74, 6) is 0.391. The fourth-order valence-electron chi connectivity index (χ4n) is 2.89. The Morgan fingerprint density at radius 2 is 2.00 bits per heavy atom. The summed E-state index contributed by atoms with van der Waals surface area (Å²) in [5.41, 5.74) is 0.404. The van der Waals surface area contributed by atoms with Crippen LogP contribution in [0.1, 0.15) is 44.6 Å². The lowest BCUT2D eigenvalue weighted by atomic mass is 9.70.